The van der Waals surface area contributed by atoms with Crippen molar-refractivity contribution in [2.24, 2.45) is 0 Å². The van der Waals surface area contributed by atoms with E-state index < -0.39 is 0 Å². The summed E-state index contributed by atoms with van der Waals surface area (Å²) in [5, 5.41) is 3.09. The van der Waals surface area contributed by atoms with E-state index in [1.165, 1.54) is 5.56 Å². The molecule has 0 aliphatic carbocycles. The summed E-state index contributed by atoms with van der Waals surface area (Å²) in [6, 6.07) is 4.06. The van der Waals surface area contributed by atoms with Gasteiger partial charge < -0.3 is 9.88 Å². The Balaban J connectivity index is 1.89. The van der Waals surface area contributed by atoms with E-state index in [9.17, 15) is 0 Å². The van der Waals surface area contributed by atoms with Crippen molar-refractivity contribution in [1.29, 1.82) is 0 Å². The molecule has 4 heteroatoms. The Hall–Kier alpha value is -1.68. The number of aromatic nitrogens is 3. The Labute approximate surface area is 95.4 Å². The summed E-state index contributed by atoms with van der Waals surface area (Å²) in [5.74, 6) is 0. The average Bonchev–Trinajstić information content (AvgIpc) is 2.76. The Bertz CT molecular complexity index is 422. The van der Waals surface area contributed by atoms with E-state index in [0.717, 1.165) is 25.2 Å². The molecular formula is C12H16N4. The van der Waals surface area contributed by atoms with Gasteiger partial charge in [0.05, 0.1) is 12.0 Å². The topological polar surface area (TPSA) is 42.7 Å². The lowest BCUT2D eigenvalue weighted by Crippen LogP contribution is -2.05. The molecule has 1 N–H and O–H groups in total. The van der Waals surface area contributed by atoms with E-state index in [1.807, 2.05) is 25.6 Å². The highest BCUT2D eigenvalue weighted by Gasteiger charge is 1.98. The van der Waals surface area contributed by atoms with E-state index in [1.54, 1.807) is 6.20 Å². The van der Waals surface area contributed by atoms with Crippen molar-refractivity contribution in [2.75, 3.05) is 7.05 Å². The molecule has 2 rings (SSSR count). The van der Waals surface area contributed by atoms with Crippen LogP contribution in [0.5, 0.6) is 0 Å². The fourth-order valence-electron chi connectivity index (χ4n) is 1.61. The molecule has 4 nitrogen and oxygen atoms in total. The molecule has 2 aromatic heterocycles. The minimum atomic E-state index is 0.819. The minimum absolute atomic E-state index is 0.819. The van der Waals surface area contributed by atoms with Crippen molar-refractivity contribution in [1.82, 2.24) is 19.9 Å². The smallest absolute Gasteiger partial charge is 0.0950 e. The average molecular weight is 216 g/mol. The van der Waals surface area contributed by atoms with Gasteiger partial charge in [-0.05, 0) is 25.1 Å². The first-order valence-electron chi connectivity index (χ1n) is 5.42. The maximum atomic E-state index is 4.30. The normalized spacial score (nSPS) is 10.6. The van der Waals surface area contributed by atoms with Gasteiger partial charge in [-0.15, -0.1) is 0 Å². The third kappa shape index (κ3) is 2.90. The van der Waals surface area contributed by atoms with Crippen molar-refractivity contribution in [3.8, 4) is 0 Å². The molecule has 2 heterocycles. The SMILES string of the molecule is CNCc1cn(CCc2cccnc2)cn1. The standard InChI is InChI=1S/C12H16N4/c1-13-8-12-9-16(10-15-12)6-4-11-3-2-5-14-7-11/h2-3,5,7,9-10,13H,4,6,8H2,1H3. The first-order chi connectivity index (χ1) is 7.88. The first kappa shape index (κ1) is 10.8. The van der Waals surface area contributed by atoms with Crippen LogP contribution in [0.4, 0.5) is 0 Å². The van der Waals surface area contributed by atoms with Gasteiger partial charge in [0.15, 0.2) is 0 Å². The molecule has 0 saturated heterocycles. The number of nitrogens with zero attached hydrogens (tertiary/aromatic N) is 3. The molecule has 0 bridgehead atoms. The largest absolute Gasteiger partial charge is 0.337 e. The van der Waals surface area contributed by atoms with Crippen LogP contribution in [0.1, 0.15) is 11.3 Å². The molecule has 0 radical (unpaired) electrons. The Morgan fingerprint density at radius 3 is 3.12 bits per heavy atom. The highest BCUT2D eigenvalue weighted by atomic mass is 15.0. The Kier molecular flexibility index (Phi) is 3.66. The monoisotopic (exact) mass is 216 g/mol. The van der Waals surface area contributed by atoms with Crippen LogP contribution in [0.2, 0.25) is 0 Å². The predicted molar refractivity (Wildman–Crippen MR) is 62.9 cm³/mol. The second kappa shape index (κ2) is 5.42. The van der Waals surface area contributed by atoms with Crippen molar-refractivity contribution in [3.63, 3.8) is 0 Å². The lowest BCUT2D eigenvalue weighted by Gasteiger charge is -2.01. The number of rotatable bonds is 5. The summed E-state index contributed by atoms with van der Waals surface area (Å²) < 4.78 is 2.11. The van der Waals surface area contributed by atoms with Gasteiger partial charge in [0.2, 0.25) is 0 Å². The summed E-state index contributed by atoms with van der Waals surface area (Å²) >= 11 is 0. The van der Waals surface area contributed by atoms with E-state index in [2.05, 4.69) is 32.1 Å². The molecule has 0 aromatic carbocycles. The summed E-state index contributed by atoms with van der Waals surface area (Å²) in [5.41, 5.74) is 2.33. The van der Waals surface area contributed by atoms with Crippen LogP contribution in [0.3, 0.4) is 0 Å². The molecule has 0 saturated carbocycles. The van der Waals surface area contributed by atoms with Crippen LogP contribution in [-0.4, -0.2) is 21.6 Å². The minimum Gasteiger partial charge on any atom is -0.337 e. The molecular weight excluding hydrogens is 200 g/mol. The number of nitrogens with one attached hydrogen (secondary N) is 1. The van der Waals surface area contributed by atoms with E-state index >= 15 is 0 Å². The third-order valence-electron chi connectivity index (χ3n) is 2.43. The molecule has 0 aliphatic heterocycles. The van der Waals surface area contributed by atoms with Gasteiger partial charge in [0.25, 0.3) is 0 Å². The van der Waals surface area contributed by atoms with Crippen LogP contribution in [-0.2, 0) is 19.5 Å². The molecule has 84 valence electrons. The number of imidazole rings is 1. The molecule has 0 spiro atoms. The van der Waals surface area contributed by atoms with Gasteiger partial charge in [0, 0.05) is 31.7 Å². The van der Waals surface area contributed by atoms with Crippen molar-refractivity contribution in [3.05, 3.63) is 48.3 Å². The van der Waals surface area contributed by atoms with Crippen LogP contribution < -0.4 is 5.32 Å². The quantitative estimate of drug-likeness (QED) is 0.817. The molecule has 0 fully saturated rings. The van der Waals surface area contributed by atoms with Crippen LogP contribution in [0, 0.1) is 0 Å². The van der Waals surface area contributed by atoms with Gasteiger partial charge in [0.1, 0.15) is 0 Å². The fourth-order valence-corrected chi connectivity index (χ4v) is 1.61. The predicted octanol–water partition coefficient (Wildman–Crippen LogP) is 1.24. The zero-order chi connectivity index (χ0) is 11.2. The lowest BCUT2D eigenvalue weighted by atomic mass is 10.2. The maximum Gasteiger partial charge on any atom is 0.0950 e. The zero-order valence-electron chi connectivity index (χ0n) is 9.43. The highest BCUT2D eigenvalue weighted by Crippen LogP contribution is 2.01. The summed E-state index contributed by atoms with van der Waals surface area (Å²) in [7, 11) is 1.93. The van der Waals surface area contributed by atoms with Crippen LogP contribution >= 0.6 is 0 Å². The van der Waals surface area contributed by atoms with Crippen LogP contribution in [0.15, 0.2) is 37.1 Å². The second-order valence-corrected chi connectivity index (χ2v) is 3.74. The molecule has 0 unspecified atom stereocenters. The number of pyridine rings is 1. The van der Waals surface area contributed by atoms with Gasteiger partial charge in [-0.25, -0.2) is 4.98 Å². The van der Waals surface area contributed by atoms with Gasteiger partial charge in [-0.2, -0.15) is 0 Å². The Morgan fingerprint density at radius 1 is 1.44 bits per heavy atom. The second-order valence-electron chi connectivity index (χ2n) is 3.74. The van der Waals surface area contributed by atoms with Gasteiger partial charge >= 0.3 is 0 Å². The van der Waals surface area contributed by atoms with E-state index in [0.29, 0.717) is 0 Å². The first-order valence-corrected chi connectivity index (χ1v) is 5.42. The van der Waals surface area contributed by atoms with Gasteiger partial charge in [-0.3, -0.25) is 4.98 Å². The molecule has 2 aromatic rings. The van der Waals surface area contributed by atoms with E-state index in [4.69, 9.17) is 0 Å². The van der Waals surface area contributed by atoms with Crippen molar-refractivity contribution in [2.45, 2.75) is 19.5 Å². The Morgan fingerprint density at radius 2 is 2.38 bits per heavy atom. The summed E-state index contributed by atoms with van der Waals surface area (Å²) in [6.07, 6.45) is 8.65. The van der Waals surface area contributed by atoms with E-state index in [-0.39, 0.29) is 0 Å². The fraction of sp³-hybridized carbons (Fsp3) is 0.333. The molecule has 0 atom stereocenters. The molecule has 0 aliphatic rings. The maximum absolute atomic E-state index is 4.30. The third-order valence-corrected chi connectivity index (χ3v) is 2.43. The summed E-state index contributed by atoms with van der Waals surface area (Å²) in [4.78, 5) is 8.40. The number of hydrogen-bond donors (Lipinski definition) is 1. The zero-order valence-corrected chi connectivity index (χ0v) is 9.43. The van der Waals surface area contributed by atoms with Gasteiger partial charge in [-0.1, -0.05) is 6.07 Å². The molecule has 16 heavy (non-hydrogen) atoms. The van der Waals surface area contributed by atoms with Crippen molar-refractivity contribution >= 4 is 0 Å². The highest BCUT2D eigenvalue weighted by molar-refractivity contribution is 5.08. The lowest BCUT2D eigenvalue weighted by molar-refractivity contribution is 0.692. The molecule has 0 amide bonds. The van der Waals surface area contributed by atoms with Crippen molar-refractivity contribution < 1.29 is 0 Å². The number of aryl methyl sites for hydroxylation is 2. The van der Waals surface area contributed by atoms with Crippen LogP contribution in [0.25, 0.3) is 0 Å². The number of hydrogen-bond acceptors (Lipinski definition) is 3. The summed E-state index contributed by atoms with van der Waals surface area (Å²) in [6.45, 7) is 1.77.